The molecule has 0 saturated carbocycles. The molecular weight excluding hydrogens is 714 g/mol. The van der Waals surface area contributed by atoms with Gasteiger partial charge < -0.3 is 14.5 Å². The summed E-state index contributed by atoms with van der Waals surface area (Å²) in [6, 6.07) is 23.9. The van der Waals surface area contributed by atoms with Gasteiger partial charge in [0.05, 0.1) is 31.0 Å². The van der Waals surface area contributed by atoms with Gasteiger partial charge in [-0.25, -0.2) is 23.7 Å². The maximum absolute atomic E-state index is 14.1. The molecule has 4 fully saturated rings. The number of pyridine rings is 1. The third kappa shape index (κ3) is 7.13. The Morgan fingerprint density at radius 2 is 1.68 bits per heavy atom. The second kappa shape index (κ2) is 15.1. The number of hydrogen-bond acceptors (Lipinski definition) is 10. The molecule has 284 valence electrons. The Balaban J connectivity index is 0.803. The molecule has 0 aliphatic carbocycles. The van der Waals surface area contributed by atoms with Crippen molar-refractivity contribution in [3.8, 4) is 23.2 Å². The lowest BCUT2D eigenvalue weighted by molar-refractivity contribution is -0.136. The number of imidazole rings is 1. The fourth-order valence-electron chi connectivity index (χ4n) is 8.09. The Morgan fingerprint density at radius 1 is 0.839 bits per heavy atom. The van der Waals surface area contributed by atoms with Crippen LogP contribution < -0.4 is 15.1 Å². The van der Waals surface area contributed by atoms with Crippen molar-refractivity contribution in [3.05, 3.63) is 108 Å². The van der Waals surface area contributed by atoms with Gasteiger partial charge in [-0.1, -0.05) is 42.2 Å². The largest absolute Gasteiger partial charge is 0.439 e. The Labute approximate surface area is 323 Å². The zero-order valence-corrected chi connectivity index (χ0v) is 30.7. The summed E-state index contributed by atoms with van der Waals surface area (Å²) in [5, 5.41) is 7.32. The molecule has 0 spiro atoms. The van der Waals surface area contributed by atoms with Crippen molar-refractivity contribution in [1.82, 2.24) is 34.7 Å². The number of rotatable bonds is 7. The standard InChI is InChI=1S/C42H40FN9O4/c43-31-7-1-6-30(25-31)33-9-4-20-50(33)39-17-16-37-44-26-35(52(37)47-39)32-8-2-10-38(45-32)49-23-21-48(22-24-49)19-3-5-28-11-13-29(14-12-28)36-27-51(42(55)56-36)34-15-18-40(53)46-41(34)54/h1-2,6-8,10-14,16-17,25-26,33-34,36H,4,9,15,18-24,27H2,(H,46,53,54)/t33-,34?,36-/m1/s1. The fourth-order valence-corrected chi connectivity index (χ4v) is 8.09. The highest BCUT2D eigenvalue weighted by atomic mass is 19.1. The van der Waals surface area contributed by atoms with Crippen LogP contribution in [0.1, 0.15) is 54.5 Å². The monoisotopic (exact) mass is 753 g/mol. The average Bonchev–Trinajstić information content (AvgIpc) is 3.97. The summed E-state index contributed by atoms with van der Waals surface area (Å²) < 4.78 is 21.5. The van der Waals surface area contributed by atoms with Crippen LogP contribution in [0.4, 0.5) is 20.8 Å². The number of benzene rings is 2. The van der Waals surface area contributed by atoms with Crippen molar-refractivity contribution in [1.29, 1.82) is 0 Å². The zero-order chi connectivity index (χ0) is 38.2. The lowest BCUT2D eigenvalue weighted by Crippen LogP contribution is -2.52. The predicted octanol–water partition coefficient (Wildman–Crippen LogP) is 4.74. The van der Waals surface area contributed by atoms with E-state index in [0.717, 1.165) is 90.9 Å². The van der Waals surface area contributed by atoms with E-state index in [9.17, 15) is 18.8 Å². The first-order valence-electron chi connectivity index (χ1n) is 19.1. The predicted molar refractivity (Wildman–Crippen MR) is 206 cm³/mol. The summed E-state index contributed by atoms with van der Waals surface area (Å²) in [6.45, 7) is 5.05. The molecule has 9 rings (SSSR count). The molecule has 1 unspecified atom stereocenters. The van der Waals surface area contributed by atoms with E-state index < -0.39 is 24.1 Å². The van der Waals surface area contributed by atoms with Crippen LogP contribution in [0.5, 0.6) is 0 Å². The van der Waals surface area contributed by atoms with Crippen molar-refractivity contribution in [2.75, 3.05) is 55.6 Å². The van der Waals surface area contributed by atoms with Crippen LogP contribution in [-0.2, 0) is 14.3 Å². The Kier molecular flexibility index (Phi) is 9.52. The minimum Gasteiger partial charge on any atom is -0.439 e. The van der Waals surface area contributed by atoms with Crippen LogP contribution in [-0.4, -0.2) is 99.1 Å². The third-order valence-electron chi connectivity index (χ3n) is 11.1. The number of cyclic esters (lactones) is 1. The SMILES string of the molecule is O=C1CCC(N2C[C@H](c3ccc(C#CCN4CCN(c5cccc(-c6cnc7ccc(N8CCC[C@@H]8c8cccc(F)c8)nn67)n5)CC4)cc3)OC2=O)C(=O)N1. The van der Waals surface area contributed by atoms with Crippen LogP contribution in [0.25, 0.3) is 17.0 Å². The van der Waals surface area contributed by atoms with Crippen LogP contribution in [0.3, 0.4) is 0 Å². The van der Waals surface area contributed by atoms with Gasteiger partial charge in [0.1, 0.15) is 35.3 Å². The normalized spacial score (nSPS) is 21.6. The number of piperazine rings is 1. The number of aromatic nitrogens is 4. The number of hydrogen-bond donors (Lipinski definition) is 1. The van der Waals surface area contributed by atoms with Gasteiger partial charge in [-0.05, 0) is 78.9 Å². The molecule has 4 saturated heterocycles. The number of amides is 3. The maximum Gasteiger partial charge on any atom is 0.411 e. The van der Waals surface area contributed by atoms with E-state index in [4.69, 9.17) is 14.8 Å². The molecule has 1 N–H and O–H groups in total. The molecule has 3 atom stereocenters. The highest BCUT2D eigenvalue weighted by molar-refractivity contribution is 6.01. The highest BCUT2D eigenvalue weighted by Crippen LogP contribution is 2.36. The number of fused-ring (bicyclic) bond motifs is 1. The first-order valence-corrected chi connectivity index (χ1v) is 19.1. The quantitative estimate of drug-likeness (QED) is 0.184. The number of halogens is 1. The summed E-state index contributed by atoms with van der Waals surface area (Å²) in [4.78, 5) is 54.3. The molecule has 0 radical (unpaired) electrons. The van der Waals surface area contributed by atoms with Gasteiger partial charge in [-0.3, -0.25) is 24.7 Å². The lowest BCUT2D eigenvalue weighted by atomic mass is 10.0. The van der Waals surface area contributed by atoms with E-state index in [1.807, 2.05) is 71.4 Å². The van der Waals surface area contributed by atoms with E-state index >= 15 is 0 Å². The highest BCUT2D eigenvalue weighted by Gasteiger charge is 2.42. The maximum atomic E-state index is 14.1. The Bertz CT molecular complexity index is 2370. The van der Waals surface area contributed by atoms with Gasteiger partial charge in [-0.15, -0.1) is 5.10 Å². The van der Waals surface area contributed by atoms with E-state index in [0.29, 0.717) is 13.0 Å². The minimum atomic E-state index is -0.696. The number of anilines is 2. The first-order chi connectivity index (χ1) is 27.4. The number of piperidine rings is 1. The first kappa shape index (κ1) is 35.4. The smallest absolute Gasteiger partial charge is 0.411 e. The molecule has 13 nitrogen and oxygen atoms in total. The van der Waals surface area contributed by atoms with E-state index in [2.05, 4.69) is 36.8 Å². The van der Waals surface area contributed by atoms with Crippen molar-refractivity contribution in [3.63, 3.8) is 0 Å². The third-order valence-corrected chi connectivity index (χ3v) is 11.1. The van der Waals surface area contributed by atoms with E-state index in [1.54, 1.807) is 12.1 Å². The zero-order valence-electron chi connectivity index (χ0n) is 30.7. The molecule has 3 aromatic heterocycles. The van der Waals surface area contributed by atoms with Gasteiger partial charge in [0.2, 0.25) is 11.8 Å². The number of nitrogens with one attached hydrogen (secondary N) is 1. The van der Waals surface area contributed by atoms with E-state index in [-0.39, 0.29) is 30.7 Å². The molecule has 3 amide bonds. The molecule has 14 heteroatoms. The van der Waals surface area contributed by atoms with Gasteiger partial charge >= 0.3 is 6.09 Å². The topological polar surface area (TPSA) is 129 Å². The molecule has 56 heavy (non-hydrogen) atoms. The second-order valence-corrected chi connectivity index (χ2v) is 14.6. The number of ether oxygens (including phenoxy) is 1. The summed E-state index contributed by atoms with van der Waals surface area (Å²) in [5.41, 5.74) is 4.99. The van der Waals surface area contributed by atoms with Crippen LogP contribution >= 0.6 is 0 Å². The molecule has 4 aliphatic rings. The summed E-state index contributed by atoms with van der Waals surface area (Å²) in [5.74, 6) is 7.28. The number of carbonyl (C=O) groups excluding carboxylic acids is 3. The van der Waals surface area contributed by atoms with Gasteiger partial charge in [-0.2, -0.15) is 0 Å². The summed E-state index contributed by atoms with van der Waals surface area (Å²) >= 11 is 0. The van der Waals surface area contributed by atoms with E-state index in [1.165, 1.54) is 11.0 Å². The summed E-state index contributed by atoms with van der Waals surface area (Å²) in [7, 11) is 0. The average molecular weight is 754 g/mol. The molecule has 2 aromatic carbocycles. The molecule has 7 heterocycles. The Hall–Kier alpha value is -6.33. The van der Waals surface area contributed by atoms with Crippen LogP contribution in [0, 0.1) is 17.7 Å². The number of carbonyl (C=O) groups is 3. The van der Waals surface area contributed by atoms with Gasteiger partial charge in [0.15, 0.2) is 5.65 Å². The number of imide groups is 1. The van der Waals surface area contributed by atoms with Crippen molar-refractivity contribution < 1.29 is 23.5 Å². The second-order valence-electron chi connectivity index (χ2n) is 14.6. The van der Waals surface area contributed by atoms with Crippen LogP contribution in [0.15, 0.2) is 85.1 Å². The summed E-state index contributed by atoms with van der Waals surface area (Å²) in [6.07, 6.45) is 3.22. The lowest BCUT2D eigenvalue weighted by Gasteiger charge is -2.34. The van der Waals surface area contributed by atoms with Crippen LogP contribution in [0.2, 0.25) is 0 Å². The molecule has 4 aliphatic heterocycles. The van der Waals surface area contributed by atoms with Crippen molar-refractivity contribution >= 4 is 35.2 Å². The van der Waals surface area contributed by atoms with Crippen molar-refractivity contribution in [2.45, 2.75) is 43.9 Å². The molecular formula is C42H40FN9O4. The molecule has 0 bridgehead atoms. The fraction of sp³-hybridized carbons (Fsp3) is 0.333. The number of nitrogens with zero attached hydrogens (tertiary/aromatic N) is 8. The van der Waals surface area contributed by atoms with Crippen molar-refractivity contribution in [2.24, 2.45) is 0 Å². The molecule has 5 aromatic rings. The van der Waals surface area contributed by atoms with Gasteiger partial charge in [0, 0.05) is 44.7 Å². The Morgan fingerprint density at radius 3 is 2.50 bits per heavy atom. The minimum absolute atomic E-state index is 0.0646. The van der Waals surface area contributed by atoms with Gasteiger partial charge in [0.25, 0.3) is 0 Å².